The normalized spacial score (nSPS) is 12.9. The maximum absolute atomic E-state index is 10.6. The van der Waals surface area contributed by atoms with E-state index in [9.17, 15) is 4.79 Å². The molecule has 3 heteroatoms. The second-order valence-corrected chi connectivity index (χ2v) is 3.78. The van der Waals surface area contributed by atoms with E-state index >= 15 is 0 Å². The summed E-state index contributed by atoms with van der Waals surface area (Å²) in [7, 11) is 0. The van der Waals surface area contributed by atoms with Crippen molar-refractivity contribution in [3.63, 3.8) is 0 Å². The molecule has 0 unspecified atom stereocenters. The summed E-state index contributed by atoms with van der Waals surface area (Å²) in [5.41, 5.74) is 6.36. The van der Waals surface area contributed by atoms with Crippen molar-refractivity contribution in [2.45, 2.75) is 33.2 Å². The summed E-state index contributed by atoms with van der Waals surface area (Å²) in [4.78, 5) is 10.6. The molecule has 0 aliphatic rings. The summed E-state index contributed by atoms with van der Waals surface area (Å²) in [6.07, 6.45) is 1.56. The number of hydrogen-bond donors (Lipinski definition) is 2. The molecule has 0 fully saturated rings. The third kappa shape index (κ3) is 7.28. The van der Waals surface area contributed by atoms with Gasteiger partial charge in [0, 0.05) is 17.8 Å². The Morgan fingerprint density at radius 1 is 1.50 bits per heavy atom. The van der Waals surface area contributed by atoms with Crippen molar-refractivity contribution in [2.24, 2.45) is 5.73 Å². The number of carbonyl (C=O) groups is 1. The molecule has 0 bridgehead atoms. The van der Waals surface area contributed by atoms with Crippen LogP contribution in [-0.4, -0.2) is 17.9 Å². The minimum atomic E-state index is -0.244. The lowest BCUT2D eigenvalue weighted by Crippen LogP contribution is -2.42. The van der Waals surface area contributed by atoms with Gasteiger partial charge in [-0.1, -0.05) is 0 Å². The van der Waals surface area contributed by atoms with Crippen molar-refractivity contribution in [2.75, 3.05) is 6.54 Å². The molecule has 0 aromatic carbocycles. The fraction of sp³-hybridized carbons (Fsp3) is 0.667. The number of hydrogen-bond acceptors (Lipinski definition) is 3. The van der Waals surface area contributed by atoms with Crippen molar-refractivity contribution >= 4 is 5.78 Å². The molecule has 0 spiro atoms. The molecule has 3 nitrogen and oxygen atoms in total. The third-order valence-electron chi connectivity index (χ3n) is 1.24. The molecule has 0 aliphatic carbocycles. The lowest BCUT2D eigenvalue weighted by molar-refractivity contribution is -0.112. The van der Waals surface area contributed by atoms with E-state index in [1.54, 1.807) is 6.08 Å². The van der Waals surface area contributed by atoms with Gasteiger partial charge in [-0.05, 0) is 33.8 Å². The first-order valence-corrected chi connectivity index (χ1v) is 4.03. The van der Waals surface area contributed by atoms with Crippen molar-refractivity contribution in [3.05, 3.63) is 11.8 Å². The van der Waals surface area contributed by atoms with Crippen LogP contribution >= 0.6 is 0 Å². The van der Waals surface area contributed by atoms with E-state index in [2.05, 4.69) is 5.32 Å². The molecule has 70 valence electrons. The van der Waals surface area contributed by atoms with Crippen molar-refractivity contribution < 1.29 is 4.79 Å². The Bertz CT molecular complexity index is 189. The lowest BCUT2D eigenvalue weighted by Gasteiger charge is -2.19. The minimum Gasteiger partial charge on any atom is -0.387 e. The quantitative estimate of drug-likeness (QED) is 0.614. The maximum atomic E-state index is 10.6. The van der Waals surface area contributed by atoms with E-state index in [4.69, 9.17) is 5.73 Å². The van der Waals surface area contributed by atoms with Crippen LogP contribution in [0.15, 0.2) is 11.8 Å². The highest BCUT2D eigenvalue weighted by Crippen LogP contribution is 1.95. The lowest BCUT2D eigenvalue weighted by atomic mass is 10.1. The van der Waals surface area contributed by atoms with Crippen molar-refractivity contribution in [1.82, 2.24) is 5.32 Å². The molecular weight excluding hydrogens is 152 g/mol. The van der Waals surface area contributed by atoms with Gasteiger partial charge >= 0.3 is 0 Å². The van der Waals surface area contributed by atoms with Crippen LogP contribution in [0.5, 0.6) is 0 Å². The average molecular weight is 170 g/mol. The average Bonchev–Trinajstić information content (AvgIpc) is 1.80. The number of allylic oxidation sites excluding steroid dienone is 2. The highest BCUT2D eigenvalue weighted by molar-refractivity contribution is 5.87. The Balaban J connectivity index is 3.87. The molecule has 0 heterocycles. The summed E-state index contributed by atoms with van der Waals surface area (Å²) >= 11 is 0. The molecule has 0 aromatic rings. The van der Waals surface area contributed by atoms with Crippen LogP contribution in [0.3, 0.4) is 0 Å². The Kier molecular flexibility index (Phi) is 3.96. The molecule has 0 aliphatic heterocycles. The molecule has 3 N–H and O–H groups in total. The first-order chi connectivity index (χ1) is 5.31. The Labute approximate surface area is 74.0 Å². The largest absolute Gasteiger partial charge is 0.387 e. The number of ketones is 1. The zero-order chi connectivity index (χ0) is 9.78. The number of nitrogens with one attached hydrogen (secondary N) is 1. The fourth-order valence-electron chi connectivity index (χ4n) is 0.723. The van der Waals surface area contributed by atoms with Gasteiger partial charge in [-0.2, -0.15) is 0 Å². The smallest absolute Gasteiger partial charge is 0.154 e. The summed E-state index contributed by atoms with van der Waals surface area (Å²) < 4.78 is 0. The Morgan fingerprint density at radius 3 is 2.33 bits per heavy atom. The number of rotatable bonds is 4. The van der Waals surface area contributed by atoms with Crippen LogP contribution in [-0.2, 0) is 4.79 Å². The summed E-state index contributed by atoms with van der Waals surface area (Å²) in [6, 6.07) is 0. The molecule has 0 saturated heterocycles. The predicted octanol–water partition coefficient (Wildman–Crippen LogP) is 0.806. The Hall–Kier alpha value is -0.830. The highest BCUT2D eigenvalue weighted by atomic mass is 16.1. The second kappa shape index (κ2) is 4.26. The maximum Gasteiger partial charge on any atom is 0.154 e. The molecule has 0 rings (SSSR count). The predicted molar refractivity (Wildman–Crippen MR) is 50.7 cm³/mol. The number of nitrogens with two attached hydrogens (primary N) is 1. The summed E-state index contributed by atoms with van der Waals surface area (Å²) in [5, 5.41) is 3.07. The van der Waals surface area contributed by atoms with Gasteiger partial charge in [-0.15, -0.1) is 0 Å². The first kappa shape index (κ1) is 11.2. The molecule has 0 atom stereocenters. The molecule has 0 aromatic heterocycles. The van der Waals surface area contributed by atoms with E-state index in [1.165, 1.54) is 6.92 Å². The van der Waals surface area contributed by atoms with Gasteiger partial charge in [0.25, 0.3) is 0 Å². The molecule has 0 radical (unpaired) electrons. The van der Waals surface area contributed by atoms with Crippen LogP contribution in [0.2, 0.25) is 0 Å². The third-order valence-corrected chi connectivity index (χ3v) is 1.24. The van der Waals surface area contributed by atoms with Crippen molar-refractivity contribution in [1.29, 1.82) is 0 Å². The first-order valence-electron chi connectivity index (χ1n) is 4.03. The van der Waals surface area contributed by atoms with Gasteiger partial charge in [-0.25, -0.2) is 0 Å². The van der Waals surface area contributed by atoms with E-state index in [-0.39, 0.29) is 11.3 Å². The fourth-order valence-corrected chi connectivity index (χ4v) is 0.723. The van der Waals surface area contributed by atoms with E-state index in [0.717, 1.165) is 5.70 Å². The van der Waals surface area contributed by atoms with Crippen LogP contribution < -0.4 is 11.1 Å². The van der Waals surface area contributed by atoms with E-state index in [1.807, 2.05) is 20.8 Å². The molecular formula is C9H18N2O. The van der Waals surface area contributed by atoms with Crippen LogP contribution in [0.1, 0.15) is 27.7 Å². The van der Waals surface area contributed by atoms with Crippen LogP contribution in [0.25, 0.3) is 0 Å². The van der Waals surface area contributed by atoms with Gasteiger partial charge in [0.1, 0.15) is 0 Å². The second-order valence-electron chi connectivity index (χ2n) is 3.78. The van der Waals surface area contributed by atoms with Crippen LogP contribution in [0.4, 0.5) is 0 Å². The SMILES string of the molecule is CC(=O)/C=C(\C)NCC(C)(C)N. The minimum absolute atomic E-state index is 0.0508. The number of carbonyl (C=O) groups excluding carboxylic acids is 1. The topological polar surface area (TPSA) is 55.1 Å². The standard InChI is InChI=1S/C9H18N2O/c1-7(5-8(2)12)11-6-9(3,4)10/h5,11H,6,10H2,1-4H3/b7-5+. The van der Waals surface area contributed by atoms with E-state index < -0.39 is 0 Å². The summed E-state index contributed by atoms with van der Waals surface area (Å²) in [5.74, 6) is 0.0508. The zero-order valence-electron chi connectivity index (χ0n) is 8.27. The van der Waals surface area contributed by atoms with Gasteiger partial charge < -0.3 is 11.1 Å². The van der Waals surface area contributed by atoms with E-state index in [0.29, 0.717) is 6.54 Å². The highest BCUT2D eigenvalue weighted by Gasteiger charge is 2.09. The summed E-state index contributed by atoms with van der Waals surface area (Å²) in [6.45, 7) is 7.91. The van der Waals surface area contributed by atoms with Gasteiger partial charge in [-0.3, -0.25) is 4.79 Å². The van der Waals surface area contributed by atoms with Crippen LogP contribution in [0, 0.1) is 0 Å². The van der Waals surface area contributed by atoms with Gasteiger partial charge in [0.05, 0.1) is 0 Å². The molecule has 0 amide bonds. The van der Waals surface area contributed by atoms with Gasteiger partial charge in [0.2, 0.25) is 0 Å². The Morgan fingerprint density at radius 2 is 2.00 bits per heavy atom. The monoisotopic (exact) mass is 170 g/mol. The zero-order valence-corrected chi connectivity index (χ0v) is 8.27. The van der Waals surface area contributed by atoms with Gasteiger partial charge in [0.15, 0.2) is 5.78 Å². The van der Waals surface area contributed by atoms with Crippen molar-refractivity contribution in [3.8, 4) is 0 Å². The molecule has 0 saturated carbocycles. The molecule has 12 heavy (non-hydrogen) atoms.